The maximum Gasteiger partial charge on any atom is 0.328 e. The number of amides is 3. The molecule has 1 heterocycles. The number of rotatable bonds is 10. The van der Waals surface area contributed by atoms with Gasteiger partial charge in [0.25, 0.3) is 0 Å². The number of hydrogen-bond donors (Lipinski definition) is 6. The number of nitrogens with zero attached hydrogens (tertiary/aromatic N) is 1. The van der Waals surface area contributed by atoms with Crippen LogP contribution in [0.15, 0.2) is 0 Å². The first kappa shape index (κ1) is 25.8. The fourth-order valence-electron chi connectivity index (χ4n) is 3.27. The molecule has 0 spiro atoms. The number of aliphatic hydroxyl groups is 2. The first-order chi connectivity index (χ1) is 13.9. The zero-order chi connectivity index (χ0) is 23.2. The molecule has 0 radical (unpaired) electrons. The smallest absolute Gasteiger partial charge is 0.328 e. The molecule has 1 fully saturated rings. The van der Waals surface area contributed by atoms with Crippen molar-refractivity contribution in [3.05, 3.63) is 0 Å². The Morgan fingerprint density at radius 2 is 1.67 bits per heavy atom. The Morgan fingerprint density at radius 1 is 1.07 bits per heavy atom. The highest BCUT2D eigenvalue weighted by Crippen LogP contribution is 2.22. The second-order valence-electron chi connectivity index (χ2n) is 7.89. The van der Waals surface area contributed by atoms with Gasteiger partial charge in [-0.15, -0.1) is 0 Å². The normalized spacial score (nSPS) is 22.4. The van der Waals surface area contributed by atoms with E-state index in [4.69, 9.17) is 10.8 Å². The van der Waals surface area contributed by atoms with Gasteiger partial charge >= 0.3 is 5.97 Å². The summed E-state index contributed by atoms with van der Waals surface area (Å²) in [4.78, 5) is 50.7. The van der Waals surface area contributed by atoms with E-state index < -0.39 is 60.1 Å². The fourth-order valence-corrected chi connectivity index (χ4v) is 3.27. The van der Waals surface area contributed by atoms with Crippen LogP contribution in [0.2, 0.25) is 0 Å². The minimum atomic E-state index is -1.50. The third-order valence-corrected chi connectivity index (χ3v) is 5.48. The number of carbonyl (C=O) groups excluding carboxylic acids is 3. The number of carbonyl (C=O) groups is 4. The molecule has 0 aromatic rings. The van der Waals surface area contributed by atoms with E-state index >= 15 is 0 Å². The second-order valence-corrected chi connectivity index (χ2v) is 7.89. The standard InChI is InChI=1S/C19H34N4O7/c1-5-9(2)14(21-17(27)13(20)10(3)24)18(28)23-8-6-7-12(23)16(26)22-15(11(4)25)19(29)30/h9-15,24-25H,5-8,20H2,1-4H3,(H,21,27)(H,22,26)(H,29,30). The van der Waals surface area contributed by atoms with Crippen molar-refractivity contribution in [3.8, 4) is 0 Å². The average molecular weight is 431 g/mol. The van der Waals surface area contributed by atoms with Crippen molar-refractivity contribution in [2.24, 2.45) is 11.7 Å². The summed E-state index contributed by atoms with van der Waals surface area (Å²) < 4.78 is 0. The van der Waals surface area contributed by atoms with Crippen molar-refractivity contribution in [1.82, 2.24) is 15.5 Å². The van der Waals surface area contributed by atoms with Crippen LogP contribution in [0.4, 0.5) is 0 Å². The van der Waals surface area contributed by atoms with Crippen LogP contribution in [0, 0.1) is 5.92 Å². The Labute approximate surface area is 176 Å². The zero-order valence-corrected chi connectivity index (χ0v) is 17.9. The van der Waals surface area contributed by atoms with Gasteiger partial charge in [0, 0.05) is 6.54 Å². The highest BCUT2D eigenvalue weighted by atomic mass is 16.4. The Kier molecular flexibility index (Phi) is 9.66. The summed E-state index contributed by atoms with van der Waals surface area (Å²) in [6.45, 7) is 6.51. The van der Waals surface area contributed by atoms with Crippen LogP contribution in [0.1, 0.15) is 47.0 Å². The van der Waals surface area contributed by atoms with Gasteiger partial charge in [0.05, 0.1) is 12.2 Å². The summed E-state index contributed by atoms with van der Waals surface area (Å²) in [6, 6.07) is -4.56. The maximum absolute atomic E-state index is 13.2. The summed E-state index contributed by atoms with van der Waals surface area (Å²) in [5.41, 5.74) is 5.66. The molecule has 1 aliphatic heterocycles. The molecule has 0 saturated carbocycles. The predicted octanol–water partition coefficient (Wildman–Crippen LogP) is -1.83. The largest absolute Gasteiger partial charge is 0.480 e. The van der Waals surface area contributed by atoms with Crippen molar-refractivity contribution < 1.29 is 34.5 Å². The van der Waals surface area contributed by atoms with Crippen LogP contribution >= 0.6 is 0 Å². The van der Waals surface area contributed by atoms with Crippen LogP contribution in [0.3, 0.4) is 0 Å². The number of hydrogen-bond acceptors (Lipinski definition) is 7. The number of likely N-dealkylation sites (tertiary alicyclic amines) is 1. The Balaban J connectivity index is 3.00. The molecular weight excluding hydrogens is 396 g/mol. The molecule has 1 aliphatic rings. The van der Waals surface area contributed by atoms with E-state index in [0.29, 0.717) is 19.3 Å². The molecule has 3 amide bonds. The van der Waals surface area contributed by atoms with Gasteiger partial charge in [-0.25, -0.2) is 4.79 Å². The molecule has 0 aromatic carbocycles. The van der Waals surface area contributed by atoms with Gasteiger partial charge in [-0.05, 0) is 32.6 Å². The molecule has 0 bridgehead atoms. The average Bonchev–Trinajstić information content (AvgIpc) is 3.17. The van der Waals surface area contributed by atoms with Crippen LogP contribution in [0.25, 0.3) is 0 Å². The van der Waals surface area contributed by atoms with Crippen molar-refractivity contribution >= 4 is 23.7 Å². The van der Waals surface area contributed by atoms with Gasteiger partial charge < -0.3 is 36.6 Å². The Bertz CT molecular complexity index is 640. The first-order valence-corrected chi connectivity index (χ1v) is 10.2. The lowest BCUT2D eigenvalue weighted by atomic mass is 9.96. The SMILES string of the molecule is CCC(C)C(NC(=O)C(N)C(C)O)C(=O)N1CCCC1C(=O)NC(C(=O)O)C(C)O. The van der Waals surface area contributed by atoms with Gasteiger partial charge in [-0.3, -0.25) is 14.4 Å². The third-order valence-electron chi connectivity index (χ3n) is 5.48. The highest BCUT2D eigenvalue weighted by Gasteiger charge is 2.41. The summed E-state index contributed by atoms with van der Waals surface area (Å²) in [7, 11) is 0. The van der Waals surface area contributed by atoms with Crippen LogP contribution in [0.5, 0.6) is 0 Å². The molecule has 7 atom stereocenters. The van der Waals surface area contributed by atoms with Crippen LogP contribution in [-0.2, 0) is 19.2 Å². The maximum atomic E-state index is 13.2. The van der Waals surface area contributed by atoms with Gasteiger partial charge in [0.15, 0.2) is 6.04 Å². The molecule has 11 heteroatoms. The number of nitrogens with one attached hydrogen (secondary N) is 2. The lowest BCUT2D eigenvalue weighted by Gasteiger charge is -2.32. The van der Waals surface area contributed by atoms with Crippen molar-refractivity contribution in [2.45, 2.75) is 83.3 Å². The molecular formula is C19H34N4O7. The van der Waals surface area contributed by atoms with Crippen molar-refractivity contribution in [1.29, 1.82) is 0 Å². The minimum Gasteiger partial charge on any atom is -0.480 e. The van der Waals surface area contributed by atoms with Gasteiger partial charge in [-0.1, -0.05) is 20.3 Å². The van der Waals surface area contributed by atoms with E-state index in [1.165, 1.54) is 18.7 Å². The minimum absolute atomic E-state index is 0.267. The number of carboxylic acids is 1. The predicted molar refractivity (Wildman–Crippen MR) is 107 cm³/mol. The fraction of sp³-hybridized carbons (Fsp3) is 0.789. The molecule has 7 unspecified atom stereocenters. The summed E-state index contributed by atoms with van der Waals surface area (Å²) >= 11 is 0. The molecule has 0 aromatic heterocycles. The van der Waals surface area contributed by atoms with Gasteiger partial charge in [-0.2, -0.15) is 0 Å². The molecule has 172 valence electrons. The number of carboxylic acid groups (broad SMARTS) is 1. The van der Waals surface area contributed by atoms with Crippen LogP contribution < -0.4 is 16.4 Å². The Hall–Kier alpha value is -2.24. The molecule has 0 aliphatic carbocycles. The van der Waals surface area contributed by atoms with Crippen molar-refractivity contribution in [3.63, 3.8) is 0 Å². The first-order valence-electron chi connectivity index (χ1n) is 10.2. The van der Waals surface area contributed by atoms with E-state index in [1.807, 2.05) is 6.92 Å². The molecule has 11 nitrogen and oxygen atoms in total. The lowest BCUT2D eigenvalue weighted by Crippen LogP contribution is -2.60. The molecule has 7 N–H and O–H groups in total. The third kappa shape index (κ3) is 6.38. The number of aliphatic carboxylic acids is 1. The van der Waals surface area contributed by atoms with E-state index in [2.05, 4.69) is 10.6 Å². The van der Waals surface area contributed by atoms with E-state index in [1.54, 1.807) is 6.92 Å². The summed E-state index contributed by atoms with van der Waals surface area (Å²) in [5, 5.41) is 33.1. The molecule has 1 saturated heterocycles. The molecule has 1 rings (SSSR count). The van der Waals surface area contributed by atoms with Crippen molar-refractivity contribution in [2.75, 3.05) is 6.54 Å². The van der Waals surface area contributed by atoms with Gasteiger partial charge in [0.2, 0.25) is 17.7 Å². The number of aliphatic hydroxyl groups excluding tert-OH is 2. The second kappa shape index (κ2) is 11.2. The van der Waals surface area contributed by atoms with Gasteiger partial charge in [0.1, 0.15) is 18.1 Å². The van der Waals surface area contributed by atoms with E-state index in [-0.39, 0.29) is 12.5 Å². The molecule has 30 heavy (non-hydrogen) atoms. The summed E-state index contributed by atoms with van der Waals surface area (Å²) in [6.07, 6.45) is -0.987. The van der Waals surface area contributed by atoms with Crippen LogP contribution in [-0.4, -0.2) is 86.8 Å². The highest BCUT2D eigenvalue weighted by molar-refractivity contribution is 5.94. The topological polar surface area (TPSA) is 182 Å². The Morgan fingerprint density at radius 3 is 2.13 bits per heavy atom. The monoisotopic (exact) mass is 430 g/mol. The lowest BCUT2D eigenvalue weighted by molar-refractivity contribution is -0.147. The summed E-state index contributed by atoms with van der Waals surface area (Å²) in [5.74, 6) is -3.48. The zero-order valence-electron chi connectivity index (χ0n) is 17.9. The van der Waals surface area contributed by atoms with E-state index in [9.17, 15) is 29.4 Å². The van der Waals surface area contributed by atoms with E-state index in [0.717, 1.165) is 0 Å². The quantitative estimate of drug-likeness (QED) is 0.234. The number of nitrogens with two attached hydrogens (primary N) is 1.